The van der Waals surface area contributed by atoms with Gasteiger partial charge in [0.15, 0.2) is 0 Å². The second-order valence-electron chi connectivity index (χ2n) is 4.58. The van der Waals surface area contributed by atoms with Gasteiger partial charge < -0.3 is 9.84 Å². The van der Waals surface area contributed by atoms with E-state index in [4.69, 9.17) is 9.84 Å². The van der Waals surface area contributed by atoms with Crippen molar-refractivity contribution in [2.24, 2.45) is 0 Å². The summed E-state index contributed by atoms with van der Waals surface area (Å²) in [6, 6.07) is 13.5. The Bertz CT molecular complexity index is 682. The Balaban J connectivity index is 2.16. The number of carbonyl (C=O) groups is 2. The van der Waals surface area contributed by atoms with Gasteiger partial charge in [-0.2, -0.15) is 0 Å². The molecule has 0 unspecified atom stereocenters. The number of benzene rings is 2. The summed E-state index contributed by atoms with van der Waals surface area (Å²) in [5.74, 6) is -0.980. The molecule has 1 N–H and O–H groups in total. The number of carboxylic acid groups (broad SMARTS) is 1. The molecule has 4 nitrogen and oxygen atoms in total. The van der Waals surface area contributed by atoms with E-state index in [1.165, 1.54) is 0 Å². The molecule has 2 aromatic rings. The lowest BCUT2D eigenvalue weighted by Crippen LogP contribution is -2.07. The van der Waals surface area contributed by atoms with Gasteiger partial charge in [-0.25, -0.2) is 9.59 Å². The maximum absolute atomic E-state index is 11.4. The van der Waals surface area contributed by atoms with Crippen LogP contribution in [0, 0.1) is 0 Å². The minimum absolute atomic E-state index is 0.241. The highest BCUT2D eigenvalue weighted by Gasteiger charge is 2.06. The van der Waals surface area contributed by atoms with E-state index in [2.05, 4.69) is 6.58 Å². The summed E-state index contributed by atoms with van der Waals surface area (Å²) < 4.78 is 5.10. The quantitative estimate of drug-likeness (QED) is 0.529. The van der Waals surface area contributed by atoms with Gasteiger partial charge in [-0.05, 0) is 42.3 Å². The lowest BCUT2D eigenvalue weighted by molar-refractivity contribution is -0.130. The van der Waals surface area contributed by atoms with Crippen LogP contribution in [0.1, 0.15) is 17.3 Å². The third kappa shape index (κ3) is 3.57. The molecule has 0 saturated heterocycles. The fourth-order valence-electron chi connectivity index (χ4n) is 1.71. The first kappa shape index (κ1) is 14.5. The molecule has 0 amide bonds. The Hall–Kier alpha value is -2.88. The van der Waals surface area contributed by atoms with Crippen LogP contribution in [0.15, 0.2) is 60.7 Å². The van der Waals surface area contributed by atoms with Crippen molar-refractivity contribution in [1.82, 2.24) is 0 Å². The number of hydrogen-bond acceptors (Lipinski definition) is 3. The van der Waals surface area contributed by atoms with E-state index in [-0.39, 0.29) is 5.56 Å². The van der Waals surface area contributed by atoms with E-state index >= 15 is 0 Å². The average molecular weight is 282 g/mol. The minimum atomic E-state index is -0.955. The van der Waals surface area contributed by atoms with Crippen molar-refractivity contribution in [3.8, 4) is 16.9 Å². The molecule has 0 atom stereocenters. The first-order chi connectivity index (χ1) is 9.97. The largest absolute Gasteiger partial charge is 0.478 e. The van der Waals surface area contributed by atoms with Crippen molar-refractivity contribution in [2.75, 3.05) is 0 Å². The Labute approximate surface area is 122 Å². The molecule has 4 heteroatoms. The van der Waals surface area contributed by atoms with Crippen molar-refractivity contribution in [1.29, 1.82) is 0 Å². The van der Waals surface area contributed by atoms with E-state index in [1.807, 2.05) is 0 Å². The summed E-state index contributed by atoms with van der Waals surface area (Å²) in [7, 11) is 0. The molecule has 0 saturated carbocycles. The normalized spacial score (nSPS) is 9.95. The zero-order chi connectivity index (χ0) is 15.4. The molecule has 21 heavy (non-hydrogen) atoms. The Morgan fingerprint density at radius 3 is 1.86 bits per heavy atom. The van der Waals surface area contributed by atoms with Crippen LogP contribution in [0.25, 0.3) is 11.1 Å². The zero-order valence-corrected chi connectivity index (χ0v) is 11.5. The first-order valence-electron chi connectivity index (χ1n) is 6.29. The van der Waals surface area contributed by atoms with Crippen LogP contribution in [0.5, 0.6) is 5.75 Å². The highest BCUT2D eigenvalue weighted by atomic mass is 16.5. The third-order valence-electron chi connectivity index (χ3n) is 2.88. The molecule has 0 aromatic heterocycles. The van der Waals surface area contributed by atoms with Crippen LogP contribution in [0.3, 0.4) is 0 Å². The number of ether oxygens (including phenoxy) is 1. The molecule has 0 bridgehead atoms. The SMILES string of the molecule is C=C(C)C(=O)Oc1ccc(-c2ccc(C(=O)O)cc2)cc1. The lowest BCUT2D eigenvalue weighted by atomic mass is 10.0. The number of carbonyl (C=O) groups excluding carboxylic acids is 1. The second kappa shape index (κ2) is 6.05. The summed E-state index contributed by atoms with van der Waals surface area (Å²) in [5.41, 5.74) is 2.37. The van der Waals surface area contributed by atoms with Crippen LogP contribution in [0.2, 0.25) is 0 Å². The summed E-state index contributed by atoms with van der Waals surface area (Å²) in [4.78, 5) is 22.2. The molecule has 0 heterocycles. The van der Waals surface area contributed by atoms with Gasteiger partial charge in [0.2, 0.25) is 0 Å². The summed E-state index contributed by atoms with van der Waals surface area (Å²) in [6.07, 6.45) is 0. The van der Waals surface area contributed by atoms with Crippen LogP contribution in [-0.2, 0) is 4.79 Å². The van der Waals surface area contributed by atoms with Crippen LogP contribution in [-0.4, -0.2) is 17.0 Å². The predicted octanol–water partition coefficient (Wildman–Crippen LogP) is 3.53. The Morgan fingerprint density at radius 2 is 1.43 bits per heavy atom. The third-order valence-corrected chi connectivity index (χ3v) is 2.88. The molecule has 0 aliphatic rings. The minimum Gasteiger partial charge on any atom is -0.478 e. The first-order valence-corrected chi connectivity index (χ1v) is 6.29. The van der Waals surface area contributed by atoms with Gasteiger partial charge in [-0.1, -0.05) is 30.8 Å². The summed E-state index contributed by atoms with van der Waals surface area (Å²) in [5, 5.41) is 8.86. The molecule has 0 aliphatic heterocycles. The topological polar surface area (TPSA) is 63.6 Å². The maximum Gasteiger partial charge on any atom is 0.338 e. The zero-order valence-electron chi connectivity index (χ0n) is 11.5. The fourth-order valence-corrected chi connectivity index (χ4v) is 1.71. The number of rotatable bonds is 4. The van der Waals surface area contributed by atoms with Gasteiger partial charge in [0.05, 0.1) is 5.56 Å². The molecular weight excluding hydrogens is 268 g/mol. The Kier molecular flexibility index (Phi) is 4.18. The standard InChI is InChI=1S/C17H14O4/c1-11(2)17(20)21-15-9-7-13(8-10-15)12-3-5-14(6-4-12)16(18)19/h3-10H,1H2,2H3,(H,18,19). The van der Waals surface area contributed by atoms with Gasteiger partial charge >= 0.3 is 11.9 Å². The van der Waals surface area contributed by atoms with E-state index in [0.29, 0.717) is 11.3 Å². The molecule has 106 valence electrons. The van der Waals surface area contributed by atoms with Crippen molar-refractivity contribution in [3.05, 3.63) is 66.2 Å². The number of aromatic carboxylic acids is 1. The smallest absolute Gasteiger partial charge is 0.338 e. The van der Waals surface area contributed by atoms with Gasteiger partial charge in [-0.3, -0.25) is 0 Å². The van der Waals surface area contributed by atoms with Crippen LogP contribution < -0.4 is 4.74 Å². The van der Waals surface area contributed by atoms with Gasteiger partial charge in [0.1, 0.15) is 5.75 Å². The van der Waals surface area contributed by atoms with Crippen molar-refractivity contribution >= 4 is 11.9 Å². The summed E-state index contributed by atoms with van der Waals surface area (Å²) >= 11 is 0. The van der Waals surface area contributed by atoms with Gasteiger partial charge in [-0.15, -0.1) is 0 Å². The molecule has 0 fully saturated rings. The van der Waals surface area contributed by atoms with Crippen LogP contribution >= 0.6 is 0 Å². The fraction of sp³-hybridized carbons (Fsp3) is 0.0588. The molecular formula is C17H14O4. The highest BCUT2D eigenvalue weighted by Crippen LogP contribution is 2.23. The van der Waals surface area contributed by atoms with E-state index in [9.17, 15) is 9.59 Å². The summed E-state index contributed by atoms with van der Waals surface area (Å²) in [6.45, 7) is 5.10. The van der Waals surface area contributed by atoms with E-state index in [1.54, 1.807) is 55.5 Å². The maximum atomic E-state index is 11.4. The predicted molar refractivity (Wildman–Crippen MR) is 79.3 cm³/mol. The van der Waals surface area contributed by atoms with Gasteiger partial charge in [0.25, 0.3) is 0 Å². The highest BCUT2D eigenvalue weighted by molar-refractivity contribution is 5.89. The van der Waals surface area contributed by atoms with Crippen molar-refractivity contribution in [2.45, 2.75) is 6.92 Å². The second-order valence-corrected chi connectivity index (χ2v) is 4.58. The van der Waals surface area contributed by atoms with Gasteiger partial charge in [0, 0.05) is 5.57 Å². The average Bonchev–Trinajstić information content (AvgIpc) is 2.48. The molecule has 0 spiro atoms. The number of esters is 1. The van der Waals surface area contributed by atoms with Crippen molar-refractivity contribution in [3.63, 3.8) is 0 Å². The molecule has 2 rings (SSSR count). The lowest BCUT2D eigenvalue weighted by Gasteiger charge is -2.06. The molecule has 2 aromatic carbocycles. The van der Waals surface area contributed by atoms with Crippen molar-refractivity contribution < 1.29 is 19.4 Å². The van der Waals surface area contributed by atoms with E-state index in [0.717, 1.165) is 11.1 Å². The number of hydrogen-bond donors (Lipinski definition) is 1. The van der Waals surface area contributed by atoms with Crippen LogP contribution in [0.4, 0.5) is 0 Å². The molecule has 0 aliphatic carbocycles. The Morgan fingerprint density at radius 1 is 0.952 bits per heavy atom. The monoisotopic (exact) mass is 282 g/mol. The number of carboxylic acids is 1. The van der Waals surface area contributed by atoms with E-state index < -0.39 is 11.9 Å². The molecule has 0 radical (unpaired) electrons.